The van der Waals surface area contributed by atoms with Crippen molar-refractivity contribution < 1.29 is 9.59 Å². The van der Waals surface area contributed by atoms with Crippen molar-refractivity contribution in [2.75, 3.05) is 23.7 Å². The lowest BCUT2D eigenvalue weighted by Crippen LogP contribution is -2.62. The lowest BCUT2D eigenvalue weighted by Gasteiger charge is -2.45. The first-order chi connectivity index (χ1) is 13.4. The number of para-hydroxylation sites is 2. The molecule has 146 valence electrons. The zero-order valence-corrected chi connectivity index (χ0v) is 16.1. The number of hydrogen-bond donors (Lipinski definition) is 3. The first kappa shape index (κ1) is 18.5. The molecule has 1 saturated heterocycles. The highest BCUT2D eigenvalue weighted by atomic mass is 16.2. The van der Waals surface area contributed by atoms with Crippen molar-refractivity contribution in [3.05, 3.63) is 60.2 Å². The Morgan fingerprint density at radius 3 is 2.36 bits per heavy atom. The summed E-state index contributed by atoms with van der Waals surface area (Å²) in [5.41, 5.74) is 7.52. The van der Waals surface area contributed by atoms with Crippen LogP contribution < -0.4 is 16.4 Å². The largest absolute Gasteiger partial charge is 0.369 e. The van der Waals surface area contributed by atoms with Gasteiger partial charge in [-0.1, -0.05) is 42.5 Å². The van der Waals surface area contributed by atoms with Crippen molar-refractivity contribution in [3.63, 3.8) is 0 Å². The van der Waals surface area contributed by atoms with E-state index in [1.807, 2.05) is 54.6 Å². The summed E-state index contributed by atoms with van der Waals surface area (Å²) in [5, 5.41) is 6.42. The highest BCUT2D eigenvalue weighted by Gasteiger charge is 2.46. The Kier molecular flexibility index (Phi) is 4.59. The molecule has 2 amide bonds. The van der Waals surface area contributed by atoms with Crippen molar-refractivity contribution in [3.8, 4) is 0 Å². The number of hydrogen-bond acceptors (Lipinski definition) is 4. The van der Waals surface area contributed by atoms with Gasteiger partial charge in [0.2, 0.25) is 11.8 Å². The molecule has 1 spiro atoms. The topological polar surface area (TPSA) is 87.5 Å². The maximum absolute atomic E-state index is 13.1. The molecule has 2 aliphatic heterocycles. The van der Waals surface area contributed by atoms with Crippen molar-refractivity contribution in [2.24, 2.45) is 5.73 Å². The summed E-state index contributed by atoms with van der Waals surface area (Å²) in [7, 11) is 0. The first-order valence-electron chi connectivity index (χ1n) is 9.71. The van der Waals surface area contributed by atoms with E-state index in [2.05, 4.69) is 10.6 Å². The maximum Gasteiger partial charge on any atom is 0.250 e. The summed E-state index contributed by atoms with van der Waals surface area (Å²) < 4.78 is 0. The van der Waals surface area contributed by atoms with Crippen LogP contribution in [0.15, 0.2) is 54.6 Å². The predicted molar refractivity (Wildman–Crippen MR) is 110 cm³/mol. The Morgan fingerprint density at radius 2 is 1.68 bits per heavy atom. The zero-order chi connectivity index (χ0) is 19.8. The van der Waals surface area contributed by atoms with Gasteiger partial charge in [-0.2, -0.15) is 0 Å². The van der Waals surface area contributed by atoms with Gasteiger partial charge in [-0.25, -0.2) is 0 Å². The van der Waals surface area contributed by atoms with Gasteiger partial charge >= 0.3 is 0 Å². The van der Waals surface area contributed by atoms with Crippen LogP contribution in [0.1, 0.15) is 25.3 Å². The second kappa shape index (κ2) is 6.95. The molecule has 2 aliphatic rings. The van der Waals surface area contributed by atoms with Crippen LogP contribution in [0.2, 0.25) is 0 Å². The van der Waals surface area contributed by atoms with Gasteiger partial charge in [0, 0.05) is 13.1 Å². The SMILES string of the molecule is CC(N)(Cc1ccccc1)C(=O)N1CCC2(CC1)Nc1ccccc1NC2=O. The molecule has 2 aromatic carbocycles. The number of nitrogens with zero attached hydrogens (tertiary/aromatic N) is 1. The molecule has 1 fully saturated rings. The third kappa shape index (κ3) is 3.36. The number of anilines is 2. The summed E-state index contributed by atoms with van der Waals surface area (Å²) in [6, 6.07) is 17.5. The molecule has 4 N–H and O–H groups in total. The molecule has 1 unspecified atom stereocenters. The van der Waals surface area contributed by atoms with Crippen LogP contribution >= 0.6 is 0 Å². The highest BCUT2D eigenvalue weighted by molar-refractivity contribution is 6.06. The van der Waals surface area contributed by atoms with Crippen LogP contribution in [-0.2, 0) is 16.0 Å². The van der Waals surface area contributed by atoms with Crippen LogP contribution in [-0.4, -0.2) is 40.9 Å². The molecule has 6 heteroatoms. The van der Waals surface area contributed by atoms with E-state index in [1.165, 1.54) is 0 Å². The zero-order valence-electron chi connectivity index (χ0n) is 16.1. The van der Waals surface area contributed by atoms with Gasteiger partial charge in [0.15, 0.2) is 0 Å². The van der Waals surface area contributed by atoms with Gasteiger partial charge in [-0.05, 0) is 43.9 Å². The van der Waals surface area contributed by atoms with E-state index in [4.69, 9.17) is 5.73 Å². The fourth-order valence-corrected chi connectivity index (χ4v) is 4.16. The molecule has 2 aromatic rings. The number of fused-ring (bicyclic) bond motifs is 1. The fourth-order valence-electron chi connectivity index (χ4n) is 4.16. The number of carbonyl (C=O) groups excluding carboxylic acids is 2. The number of carbonyl (C=O) groups is 2. The van der Waals surface area contributed by atoms with E-state index in [0.717, 1.165) is 16.9 Å². The summed E-state index contributed by atoms with van der Waals surface area (Å²) >= 11 is 0. The van der Waals surface area contributed by atoms with E-state index in [0.29, 0.717) is 32.4 Å². The number of piperidine rings is 1. The Balaban J connectivity index is 1.44. The van der Waals surface area contributed by atoms with Crippen LogP contribution in [0, 0.1) is 0 Å². The quantitative estimate of drug-likeness (QED) is 0.765. The molecule has 1 atom stereocenters. The smallest absolute Gasteiger partial charge is 0.250 e. The van der Waals surface area contributed by atoms with E-state index in [9.17, 15) is 9.59 Å². The van der Waals surface area contributed by atoms with Crippen LogP contribution in [0.4, 0.5) is 11.4 Å². The molecule has 0 saturated carbocycles. The van der Waals surface area contributed by atoms with Gasteiger partial charge in [0.25, 0.3) is 0 Å². The molecule has 2 heterocycles. The third-order valence-corrected chi connectivity index (χ3v) is 5.79. The predicted octanol–water partition coefficient (Wildman–Crippen LogP) is 2.37. The van der Waals surface area contributed by atoms with E-state index >= 15 is 0 Å². The van der Waals surface area contributed by atoms with Crippen LogP contribution in [0.5, 0.6) is 0 Å². The molecule has 0 aromatic heterocycles. The Hall–Kier alpha value is -2.86. The second-order valence-electron chi connectivity index (χ2n) is 8.08. The molecule has 0 aliphatic carbocycles. The monoisotopic (exact) mass is 378 g/mol. The minimum atomic E-state index is -0.972. The normalized spacial score (nSPS) is 19.9. The van der Waals surface area contributed by atoms with Gasteiger partial charge in [0.05, 0.1) is 16.9 Å². The van der Waals surface area contributed by atoms with Gasteiger partial charge in [-0.15, -0.1) is 0 Å². The molecule has 4 rings (SSSR count). The average molecular weight is 378 g/mol. The number of nitrogens with one attached hydrogen (secondary N) is 2. The second-order valence-corrected chi connectivity index (χ2v) is 8.08. The number of benzene rings is 2. The third-order valence-electron chi connectivity index (χ3n) is 5.79. The summed E-state index contributed by atoms with van der Waals surface area (Å²) in [5.74, 6) is -0.0964. The van der Waals surface area contributed by atoms with Crippen LogP contribution in [0.3, 0.4) is 0 Å². The van der Waals surface area contributed by atoms with Gasteiger partial charge in [0.1, 0.15) is 5.54 Å². The van der Waals surface area contributed by atoms with E-state index in [1.54, 1.807) is 11.8 Å². The first-order valence-corrected chi connectivity index (χ1v) is 9.71. The van der Waals surface area contributed by atoms with Gasteiger partial charge in [-0.3, -0.25) is 9.59 Å². The molecule has 0 radical (unpaired) electrons. The molecule has 28 heavy (non-hydrogen) atoms. The van der Waals surface area contributed by atoms with Crippen LogP contribution in [0.25, 0.3) is 0 Å². The molecular weight excluding hydrogens is 352 g/mol. The summed E-state index contributed by atoms with van der Waals surface area (Å²) in [6.07, 6.45) is 1.60. The van der Waals surface area contributed by atoms with E-state index < -0.39 is 11.1 Å². The minimum absolute atomic E-state index is 0.0295. The number of rotatable bonds is 3. The summed E-state index contributed by atoms with van der Waals surface area (Å²) in [4.78, 5) is 27.6. The van der Waals surface area contributed by atoms with Crippen molar-refractivity contribution in [1.29, 1.82) is 0 Å². The Labute approximate surface area is 165 Å². The number of nitrogens with two attached hydrogens (primary N) is 1. The molecular formula is C22H26N4O2. The number of amides is 2. The highest BCUT2D eigenvalue weighted by Crippen LogP contribution is 2.36. The lowest BCUT2D eigenvalue weighted by atomic mass is 9.83. The van der Waals surface area contributed by atoms with Crippen molar-refractivity contribution in [1.82, 2.24) is 4.90 Å². The average Bonchev–Trinajstić information content (AvgIpc) is 2.69. The van der Waals surface area contributed by atoms with E-state index in [-0.39, 0.29) is 11.8 Å². The lowest BCUT2D eigenvalue weighted by molar-refractivity contribution is -0.139. The molecule has 0 bridgehead atoms. The van der Waals surface area contributed by atoms with Gasteiger partial charge < -0.3 is 21.3 Å². The Morgan fingerprint density at radius 1 is 1.07 bits per heavy atom. The standard InChI is InChI=1S/C22H26N4O2/c1-21(23,15-16-7-3-2-4-8-16)20(28)26-13-11-22(12-14-26)19(27)24-17-9-5-6-10-18(17)25-22/h2-10,25H,11-15,23H2,1H3,(H,24,27). The Bertz CT molecular complexity index is 886. The molecule has 6 nitrogen and oxygen atoms in total. The summed E-state index contributed by atoms with van der Waals surface area (Å²) in [6.45, 7) is 2.79. The van der Waals surface area contributed by atoms with Crippen molar-refractivity contribution >= 4 is 23.2 Å². The number of likely N-dealkylation sites (tertiary alicyclic amines) is 1. The minimum Gasteiger partial charge on any atom is -0.369 e. The van der Waals surface area contributed by atoms with Crippen molar-refractivity contribution in [2.45, 2.75) is 37.3 Å². The maximum atomic E-state index is 13.1. The fraction of sp³-hybridized carbons (Fsp3) is 0.364.